The first-order chi connectivity index (χ1) is 13.0. The van der Waals surface area contributed by atoms with Crippen molar-refractivity contribution in [1.29, 1.82) is 0 Å². The van der Waals surface area contributed by atoms with E-state index < -0.39 is 0 Å². The summed E-state index contributed by atoms with van der Waals surface area (Å²) in [5, 5.41) is 4.32. The van der Waals surface area contributed by atoms with Gasteiger partial charge in [0.05, 0.1) is 16.8 Å². The number of carbonyl (C=O) groups excluding carboxylic acids is 1. The number of anilines is 1. The van der Waals surface area contributed by atoms with Crippen LogP contribution in [0.5, 0.6) is 0 Å². The van der Waals surface area contributed by atoms with Crippen LogP contribution in [0.1, 0.15) is 40.6 Å². The number of aromatic nitrogens is 1. The van der Waals surface area contributed by atoms with Crippen LogP contribution in [0.2, 0.25) is 0 Å². The smallest absolute Gasteiger partial charge is 0.279 e. The number of benzene rings is 2. The van der Waals surface area contributed by atoms with Gasteiger partial charge in [0, 0.05) is 18.5 Å². The number of nitrogens with zero attached hydrogens (tertiary/aromatic N) is 1. The van der Waals surface area contributed by atoms with Crippen molar-refractivity contribution < 1.29 is 9.69 Å². The summed E-state index contributed by atoms with van der Waals surface area (Å²) >= 11 is 1.77. The standard InChI is InChI=1S/C22H25N3OS/c1-14-11-15(2)21(16(3)12-14)24-20(26)13-25-10-6-8-18(25)22-23-17-7-4-5-9-19(17)27-22/h4-5,7,9,11-12,18H,6,8,10,13H2,1-3H3,(H,24,26)/p+1/t18-/m0/s1. The van der Waals surface area contributed by atoms with Gasteiger partial charge < -0.3 is 10.2 Å². The first-order valence-corrected chi connectivity index (χ1v) is 10.4. The van der Waals surface area contributed by atoms with E-state index >= 15 is 0 Å². The molecule has 1 aliphatic rings. The zero-order chi connectivity index (χ0) is 19.0. The summed E-state index contributed by atoms with van der Waals surface area (Å²) in [6.07, 6.45) is 2.25. The summed E-state index contributed by atoms with van der Waals surface area (Å²) in [6.45, 7) is 7.72. The SMILES string of the molecule is Cc1cc(C)c(NC(=O)C[NH+]2CCC[C@H]2c2nc3ccccc3s2)c(C)c1. The number of rotatable bonds is 4. The summed E-state index contributed by atoms with van der Waals surface area (Å²) in [7, 11) is 0. The lowest BCUT2D eigenvalue weighted by molar-refractivity contribution is -0.910. The van der Waals surface area contributed by atoms with Gasteiger partial charge >= 0.3 is 0 Å². The molecule has 2 atom stereocenters. The van der Waals surface area contributed by atoms with Crippen molar-refractivity contribution in [2.75, 3.05) is 18.4 Å². The van der Waals surface area contributed by atoms with Crippen LogP contribution in [0, 0.1) is 20.8 Å². The first kappa shape index (κ1) is 18.1. The molecule has 2 aromatic carbocycles. The zero-order valence-electron chi connectivity index (χ0n) is 16.1. The lowest BCUT2D eigenvalue weighted by atomic mass is 10.1. The number of likely N-dealkylation sites (tertiary alicyclic amines) is 1. The Kier molecular flexibility index (Phi) is 4.98. The number of nitrogens with one attached hydrogen (secondary N) is 2. The Bertz CT molecular complexity index is 938. The number of carbonyl (C=O) groups is 1. The lowest BCUT2D eigenvalue weighted by Crippen LogP contribution is -3.11. The Morgan fingerprint density at radius 3 is 2.70 bits per heavy atom. The second-order valence-corrected chi connectivity index (χ2v) is 8.68. The van der Waals surface area contributed by atoms with Gasteiger partial charge in [-0.25, -0.2) is 4.98 Å². The van der Waals surface area contributed by atoms with E-state index in [1.165, 1.54) is 20.2 Å². The van der Waals surface area contributed by atoms with Crippen molar-refractivity contribution in [2.45, 2.75) is 39.7 Å². The Morgan fingerprint density at radius 1 is 1.22 bits per heavy atom. The maximum atomic E-state index is 12.8. The number of thiazole rings is 1. The van der Waals surface area contributed by atoms with Crippen molar-refractivity contribution in [2.24, 2.45) is 0 Å². The van der Waals surface area contributed by atoms with Crippen LogP contribution >= 0.6 is 11.3 Å². The van der Waals surface area contributed by atoms with Crippen LogP contribution in [0.15, 0.2) is 36.4 Å². The zero-order valence-corrected chi connectivity index (χ0v) is 17.0. The molecule has 0 spiro atoms. The van der Waals surface area contributed by atoms with E-state index in [1.807, 2.05) is 6.07 Å². The van der Waals surface area contributed by atoms with Gasteiger partial charge in [-0.15, -0.1) is 11.3 Å². The van der Waals surface area contributed by atoms with Crippen LogP contribution in [0.4, 0.5) is 5.69 Å². The molecular weight excluding hydrogens is 354 g/mol. The minimum absolute atomic E-state index is 0.0908. The minimum Gasteiger partial charge on any atom is -0.321 e. The summed E-state index contributed by atoms with van der Waals surface area (Å²) in [5.41, 5.74) is 5.50. The van der Waals surface area contributed by atoms with Crippen molar-refractivity contribution in [1.82, 2.24) is 4.98 Å². The van der Waals surface area contributed by atoms with Gasteiger partial charge in [0.1, 0.15) is 6.04 Å². The number of quaternary nitrogens is 1. The molecule has 0 saturated carbocycles. The second-order valence-electron chi connectivity index (χ2n) is 7.62. The molecule has 2 N–H and O–H groups in total. The van der Waals surface area contributed by atoms with Crippen molar-refractivity contribution in [3.8, 4) is 0 Å². The molecule has 2 heterocycles. The van der Waals surface area contributed by atoms with Gasteiger partial charge in [-0.1, -0.05) is 29.8 Å². The molecule has 5 heteroatoms. The molecule has 1 fully saturated rings. The van der Waals surface area contributed by atoms with Gasteiger partial charge in [0.15, 0.2) is 11.6 Å². The molecule has 3 aromatic rings. The highest BCUT2D eigenvalue weighted by Gasteiger charge is 2.34. The highest BCUT2D eigenvalue weighted by molar-refractivity contribution is 7.18. The second kappa shape index (κ2) is 7.41. The molecule has 0 bridgehead atoms. The van der Waals surface area contributed by atoms with Crippen LogP contribution in [0.3, 0.4) is 0 Å². The number of para-hydroxylation sites is 1. The molecule has 1 amide bonds. The molecule has 27 heavy (non-hydrogen) atoms. The third kappa shape index (κ3) is 3.75. The summed E-state index contributed by atoms with van der Waals surface area (Å²) in [4.78, 5) is 18.9. The average Bonchev–Trinajstić information content (AvgIpc) is 3.24. The fourth-order valence-corrected chi connectivity index (χ4v) is 5.39. The van der Waals surface area contributed by atoms with Crippen molar-refractivity contribution in [3.63, 3.8) is 0 Å². The molecule has 0 radical (unpaired) electrons. The Labute approximate surface area is 164 Å². The monoisotopic (exact) mass is 380 g/mol. The van der Waals surface area contributed by atoms with Gasteiger partial charge in [-0.2, -0.15) is 0 Å². The van der Waals surface area contributed by atoms with Gasteiger partial charge in [-0.05, 0) is 44.0 Å². The third-order valence-corrected chi connectivity index (χ3v) is 6.57. The summed E-state index contributed by atoms with van der Waals surface area (Å²) in [6, 6.07) is 12.9. The van der Waals surface area contributed by atoms with Crippen molar-refractivity contribution in [3.05, 3.63) is 58.1 Å². The highest BCUT2D eigenvalue weighted by Crippen LogP contribution is 2.28. The number of aryl methyl sites for hydroxylation is 3. The average molecular weight is 381 g/mol. The molecule has 0 aliphatic carbocycles. The maximum Gasteiger partial charge on any atom is 0.279 e. The molecule has 1 saturated heterocycles. The predicted molar refractivity (Wildman–Crippen MR) is 112 cm³/mol. The quantitative estimate of drug-likeness (QED) is 0.727. The van der Waals surface area contributed by atoms with Gasteiger partial charge in [0.2, 0.25) is 0 Å². The molecule has 140 valence electrons. The highest BCUT2D eigenvalue weighted by atomic mass is 32.1. The predicted octanol–water partition coefficient (Wildman–Crippen LogP) is 3.58. The maximum absolute atomic E-state index is 12.8. The van der Waals surface area contributed by atoms with Crippen LogP contribution in [-0.2, 0) is 4.79 Å². The third-order valence-electron chi connectivity index (χ3n) is 5.42. The van der Waals surface area contributed by atoms with E-state index in [2.05, 4.69) is 56.4 Å². The van der Waals surface area contributed by atoms with Crippen LogP contribution in [-0.4, -0.2) is 24.0 Å². The van der Waals surface area contributed by atoms with E-state index in [1.54, 1.807) is 11.3 Å². The fraction of sp³-hybridized carbons (Fsp3) is 0.364. The summed E-state index contributed by atoms with van der Waals surface area (Å²) in [5.74, 6) is 0.0908. The Balaban J connectivity index is 1.49. The summed E-state index contributed by atoms with van der Waals surface area (Å²) < 4.78 is 1.23. The fourth-order valence-electron chi connectivity index (χ4n) is 4.23. The Morgan fingerprint density at radius 2 is 1.96 bits per heavy atom. The molecule has 4 nitrogen and oxygen atoms in total. The number of amides is 1. The van der Waals surface area contributed by atoms with E-state index in [-0.39, 0.29) is 5.91 Å². The van der Waals surface area contributed by atoms with Gasteiger partial charge in [-0.3, -0.25) is 4.79 Å². The van der Waals surface area contributed by atoms with Crippen LogP contribution in [0.25, 0.3) is 10.2 Å². The molecule has 1 aliphatic heterocycles. The largest absolute Gasteiger partial charge is 0.321 e. The van der Waals surface area contributed by atoms with Crippen molar-refractivity contribution >= 4 is 33.1 Å². The van der Waals surface area contributed by atoms with Gasteiger partial charge in [0.25, 0.3) is 5.91 Å². The topological polar surface area (TPSA) is 46.4 Å². The number of fused-ring (bicyclic) bond motifs is 1. The molecular formula is C22H26N3OS+. The first-order valence-electron chi connectivity index (χ1n) is 9.59. The molecule has 4 rings (SSSR count). The van der Waals surface area contributed by atoms with E-state index in [4.69, 9.17) is 4.98 Å². The Hall–Kier alpha value is -2.24. The number of hydrogen-bond acceptors (Lipinski definition) is 3. The van der Waals surface area contributed by atoms with E-state index in [9.17, 15) is 4.79 Å². The van der Waals surface area contributed by atoms with Crippen LogP contribution < -0.4 is 10.2 Å². The molecule has 1 aromatic heterocycles. The normalized spacial score (nSPS) is 19.5. The molecule has 1 unspecified atom stereocenters. The lowest BCUT2D eigenvalue weighted by Gasteiger charge is -2.20. The minimum atomic E-state index is 0.0908. The van der Waals surface area contributed by atoms with E-state index in [0.29, 0.717) is 12.6 Å². The number of hydrogen-bond donors (Lipinski definition) is 2. The van der Waals surface area contributed by atoms with E-state index in [0.717, 1.165) is 41.7 Å².